The maximum Gasteiger partial charge on any atom is 0.289 e. The summed E-state index contributed by atoms with van der Waals surface area (Å²) in [6.45, 7) is 0. The first-order valence-corrected chi connectivity index (χ1v) is 3.40. The zero-order valence-electron chi connectivity index (χ0n) is 3.87. The summed E-state index contributed by atoms with van der Waals surface area (Å²) in [5.74, 6) is -1.33. The van der Waals surface area contributed by atoms with Crippen LogP contribution >= 0.6 is 22.6 Å². The van der Waals surface area contributed by atoms with E-state index in [1.807, 2.05) is 0 Å². The smallest absolute Gasteiger partial charge is 0.206 e. The lowest BCUT2D eigenvalue weighted by atomic mass is 10.5. The number of allylic oxidation sites excluding steroid dienone is 2. The van der Waals surface area contributed by atoms with Crippen molar-refractivity contribution in [2.24, 2.45) is 0 Å². The first kappa shape index (κ1) is 8.26. The summed E-state index contributed by atoms with van der Waals surface area (Å²) >= 11 is 1.79. The molecule has 0 aliphatic rings. The Morgan fingerprint density at radius 3 is 2.25 bits per heavy atom. The number of hydrogen-bond acceptors (Lipinski definition) is 0. The van der Waals surface area contributed by atoms with Gasteiger partial charge in [0.1, 0.15) is 0 Å². The highest BCUT2D eigenvalue weighted by Gasteiger charge is 2.07. The van der Waals surface area contributed by atoms with Gasteiger partial charge in [-0.2, -0.15) is 0 Å². The van der Waals surface area contributed by atoms with Crippen molar-refractivity contribution in [3.05, 3.63) is 11.9 Å². The van der Waals surface area contributed by atoms with Crippen molar-refractivity contribution in [2.45, 2.75) is 6.43 Å². The fourth-order valence-electron chi connectivity index (χ4n) is 0.163. The predicted octanol–water partition coefficient (Wildman–Crippen LogP) is 2.54. The Kier molecular flexibility index (Phi) is 4.31. The van der Waals surface area contributed by atoms with Crippen LogP contribution in [0, 0.1) is 0 Å². The van der Waals surface area contributed by atoms with Crippen molar-refractivity contribution in [2.75, 3.05) is 4.43 Å². The van der Waals surface area contributed by atoms with Crippen LogP contribution in [0.5, 0.6) is 0 Å². The molecule has 0 saturated carbocycles. The quantitative estimate of drug-likeness (QED) is 0.510. The van der Waals surface area contributed by atoms with Gasteiger partial charge in [-0.25, -0.2) is 13.2 Å². The lowest BCUT2D eigenvalue weighted by molar-refractivity contribution is 0.159. The van der Waals surface area contributed by atoms with E-state index in [-0.39, 0.29) is 4.43 Å². The summed E-state index contributed by atoms with van der Waals surface area (Å²) in [5.41, 5.74) is 0. The van der Waals surface area contributed by atoms with Crippen LogP contribution in [-0.2, 0) is 0 Å². The van der Waals surface area contributed by atoms with Crippen molar-refractivity contribution >= 4 is 22.6 Å². The van der Waals surface area contributed by atoms with Gasteiger partial charge < -0.3 is 0 Å². The molecule has 0 atom stereocenters. The Hall–Kier alpha value is 0.260. The average Bonchev–Trinajstić information content (AvgIpc) is 1.67. The third-order valence-corrected chi connectivity index (χ3v) is 0.921. The minimum absolute atomic E-state index is 0.286. The van der Waals surface area contributed by atoms with Gasteiger partial charge in [-0.1, -0.05) is 22.6 Å². The van der Waals surface area contributed by atoms with E-state index >= 15 is 0 Å². The van der Waals surface area contributed by atoms with E-state index in [4.69, 9.17) is 0 Å². The van der Waals surface area contributed by atoms with Crippen LogP contribution in [0.25, 0.3) is 0 Å². The number of hydrogen-bond donors (Lipinski definition) is 0. The van der Waals surface area contributed by atoms with Crippen molar-refractivity contribution in [3.8, 4) is 0 Å². The monoisotopic (exact) mass is 236 g/mol. The van der Waals surface area contributed by atoms with Crippen LogP contribution in [0.1, 0.15) is 0 Å². The second kappa shape index (κ2) is 4.17. The van der Waals surface area contributed by atoms with Gasteiger partial charge in [-0.15, -0.1) is 0 Å². The number of alkyl halides is 3. The lowest BCUT2D eigenvalue weighted by Gasteiger charge is -1.89. The number of rotatable bonds is 2. The summed E-state index contributed by atoms with van der Waals surface area (Å²) in [4.78, 5) is 0. The fourth-order valence-corrected chi connectivity index (χ4v) is 0.584. The van der Waals surface area contributed by atoms with Crippen molar-refractivity contribution in [1.82, 2.24) is 0 Å². The van der Waals surface area contributed by atoms with Gasteiger partial charge in [0.05, 0.1) is 0 Å². The highest BCUT2D eigenvalue weighted by molar-refractivity contribution is 14.1. The standard InChI is InChI=1S/C4H4F3I/c5-3(1-2-8)4(6)7/h1,4H,2H2. The summed E-state index contributed by atoms with van der Waals surface area (Å²) in [5, 5.41) is 0. The molecule has 0 aliphatic heterocycles. The molecular weight excluding hydrogens is 232 g/mol. The molecule has 48 valence electrons. The molecule has 0 aromatic heterocycles. The lowest BCUT2D eigenvalue weighted by Crippen LogP contribution is -1.89. The van der Waals surface area contributed by atoms with Gasteiger partial charge >= 0.3 is 0 Å². The fraction of sp³-hybridized carbons (Fsp3) is 0.500. The summed E-state index contributed by atoms with van der Waals surface area (Å²) in [6, 6.07) is 0. The normalized spacial score (nSPS) is 12.9. The van der Waals surface area contributed by atoms with Crippen molar-refractivity contribution < 1.29 is 13.2 Å². The molecule has 0 aromatic rings. The Balaban J connectivity index is 3.61. The Morgan fingerprint density at radius 2 is 2.12 bits per heavy atom. The maximum atomic E-state index is 11.6. The largest absolute Gasteiger partial charge is 0.289 e. The summed E-state index contributed by atoms with van der Waals surface area (Å²) in [7, 11) is 0. The highest BCUT2D eigenvalue weighted by atomic mass is 127. The molecule has 0 amide bonds. The van der Waals surface area contributed by atoms with Crippen LogP contribution < -0.4 is 0 Å². The molecule has 8 heavy (non-hydrogen) atoms. The van der Waals surface area contributed by atoms with E-state index < -0.39 is 12.3 Å². The van der Waals surface area contributed by atoms with Gasteiger partial charge in [0.2, 0.25) is 0 Å². The van der Waals surface area contributed by atoms with E-state index in [1.165, 1.54) is 0 Å². The molecule has 0 rings (SSSR count). The van der Waals surface area contributed by atoms with Crippen LogP contribution in [0.4, 0.5) is 13.2 Å². The minimum Gasteiger partial charge on any atom is -0.206 e. The zero-order valence-corrected chi connectivity index (χ0v) is 6.03. The Bertz CT molecular complexity index is 89.3. The topological polar surface area (TPSA) is 0 Å². The number of halogens is 4. The molecule has 0 aromatic carbocycles. The molecule has 0 fully saturated rings. The molecule has 0 heterocycles. The van der Waals surface area contributed by atoms with E-state index in [0.717, 1.165) is 6.08 Å². The van der Waals surface area contributed by atoms with Crippen molar-refractivity contribution in [1.29, 1.82) is 0 Å². The minimum atomic E-state index is -2.94. The Labute approximate surface area is 58.9 Å². The molecular formula is C4H4F3I. The molecule has 0 bridgehead atoms. The maximum absolute atomic E-state index is 11.6. The third-order valence-electron chi connectivity index (χ3n) is 0.481. The Morgan fingerprint density at radius 1 is 1.62 bits per heavy atom. The molecule has 0 unspecified atom stereocenters. The first-order valence-electron chi connectivity index (χ1n) is 1.88. The van der Waals surface area contributed by atoms with Crippen LogP contribution in [0.3, 0.4) is 0 Å². The first-order chi connectivity index (χ1) is 3.68. The van der Waals surface area contributed by atoms with E-state index in [2.05, 4.69) is 0 Å². The average molecular weight is 236 g/mol. The molecule has 0 saturated heterocycles. The molecule has 0 N–H and O–H groups in total. The van der Waals surface area contributed by atoms with Gasteiger partial charge in [-0.05, 0) is 6.08 Å². The molecule has 0 aliphatic carbocycles. The summed E-state index contributed by atoms with van der Waals surface area (Å²) < 4.78 is 34.3. The van der Waals surface area contributed by atoms with E-state index in [1.54, 1.807) is 22.6 Å². The second-order valence-corrected chi connectivity index (χ2v) is 1.92. The summed E-state index contributed by atoms with van der Waals surface area (Å²) in [6.07, 6.45) is -2.09. The van der Waals surface area contributed by atoms with Gasteiger partial charge in [0.15, 0.2) is 5.83 Å². The van der Waals surface area contributed by atoms with E-state index in [0.29, 0.717) is 0 Å². The van der Waals surface area contributed by atoms with Gasteiger partial charge in [-0.3, -0.25) is 0 Å². The molecule has 0 spiro atoms. The van der Waals surface area contributed by atoms with Gasteiger partial charge in [0, 0.05) is 4.43 Å². The zero-order chi connectivity index (χ0) is 6.57. The second-order valence-electron chi connectivity index (χ2n) is 1.04. The highest BCUT2D eigenvalue weighted by Crippen LogP contribution is 2.09. The third kappa shape index (κ3) is 3.29. The van der Waals surface area contributed by atoms with Crippen LogP contribution in [0.2, 0.25) is 0 Å². The van der Waals surface area contributed by atoms with Gasteiger partial charge in [0.25, 0.3) is 6.43 Å². The predicted molar refractivity (Wildman–Crippen MR) is 34.1 cm³/mol. The van der Waals surface area contributed by atoms with Crippen molar-refractivity contribution in [3.63, 3.8) is 0 Å². The molecule has 0 nitrogen and oxygen atoms in total. The molecule has 0 radical (unpaired) electrons. The van der Waals surface area contributed by atoms with E-state index in [9.17, 15) is 13.2 Å². The SMILES string of the molecule is FC(=CCI)C(F)F. The molecule has 4 heteroatoms. The van der Waals surface area contributed by atoms with Crippen LogP contribution in [0.15, 0.2) is 11.9 Å². The van der Waals surface area contributed by atoms with Crippen LogP contribution in [-0.4, -0.2) is 10.9 Å².